The minimum absolute atomic E-state index is 0.151. The van der Waals surface area contributed by atoms with Crippen LogP contribution in [0.25, 0.3) is 6.08 Å². The number of hydrogen-bond acceptors (Lipinski definition) is 8. The van der Waals surface area contributed by atoms with Gasteiger partial charge in [0.15, 0.2) is 12.0 Å². The summed E-state index contributed by atoms with van der Waals surface area (Å²) in [7, 11) is 4.56. The van der Waals surface area contributed by atoms with E-state index in [1.54, 1.807) is 69.7 Å². The Morgan fingerprint density at radius 3 is 2.30 bits per heavy atom. The van der Waals surface area contributed by atoms with E-state index in [1.165, 1.54) is 7.11 Å². The average Bonchev–Trinajstić information content (AvgIpc) is 2.78. The average molecular weight is 414 g/mol. The number of ether oxygens (including phenoxy) is 3. The molecule has 2 aromatic carbocycles. The third-order valence-electron chi connectivity index (χ3n) is 4.29. The van der Waals surface area contributed by atoms with Gasteiger partial charge in [-0.15, -0.1) is 4.91 Å². The number of nitrogens with zero attached hydrogens (tertiary/aromatic N) is 1. The van der Waals surface area contributed by atoms with Crippen LogP contribution >= 0.6 is 0 Å². The molecule has 0 spiro atoms. The molecule has 0 aliphatic rings. The summed E-state index contributed by atoms with van der Waals surface area (Å²) in [4.78, 5) is 29.2. The lowest BCUT2D eigenvalue weighted by Gasteiger charge is -2.15. The number of hydrogen-bond donors (Lipinski definition) is 1. The highest BCUT2D eigenvalue weighted by Gasteiger charge is 2.17. The van der Waals surface area contributed by atoms with Crippen LogP contribution in [0.3, 0.4) is 0 Å². The fourth-order valence-electron chi connectivity index (χ4n) is 2.85. The summed E-state index contributed by atoms with van der Waals surface area (Å²) >= 11 is 0. The van der Waals surface area contributed by atoms with Gasteiger partial charge in [0, 0.05) is 29.9 Å². The second-order valence-corrected chi connectivity index (χ2v) is 6.21. The van der Waals surface area contributed by atoms with Gasteiger partial charge in [-0.25, -0.2) is 0 Å². The van der Waals surface area contributed by atoms with Gasteiger partial charge in [-0.3, -0.25) is 15.1 Å². The highest BCUT2D eigenvalue weighted by atomic mass is 16.6. The van der Waals surface area contributed by atoms with E-state index in [9.17, 15) is 9.70 Å². The Morgan fingerprint density at radius 2 is 1.73 bits per heavy atom. The normalized spacial score (nSPS) is 12.2. The summed E-state index contributed by atoms with van der Waals surface area (Å²) in [6.45, 7) is 2.12. The monoisotopic (exact) mass is 414 g/mol. The fraction of sp³-hybridized carbons (Fsp3) is 0.318. The molecule has 0 aliphatic carbocycles. The number of ketones is 1. The molecule has 30 heavy (non-hydrogen) atoms. The number of nitroso groups, excluding NO2 is 1. The molecule has 0 saturated heterocycles. The first kappa shape index (κ1) is 23.1. The van der Waals surface area contributed by atoms with Gasteiger partial charge in [0.05, 0.1) is 21.3 Å². The van der Waals surface area contributed by atoms with Crippen molar-refractivity contribution in [3.05, 3.63) is 69.8 Å². The zero-order chi connectivity index (χ0) is 21.9. The van der Waals surface area contributed by atoms with Gasteiger partial charge in [-0.2, -0.15) is 0 Å². The predicted octanol–water partition coefficient (Wildman–Crippen LogP) is 3.95. The molecule has 0 bridgehead atoms. The molecule has 0 radical (unpaired) electrons. The first-order chi connectivity index (χ1) is 14.6. The van der Waals surface area contributed by atoms with Crippen molar-refractivity contribution in [3.8, 4) is 11.5 Å². The summed E-state index contributed by atoms with van der Waals surface area (Å²) in [5.74, 6) is 1.08. The fourth-order valence-corrected chi connectivity index (χ4v) is 2.85. The molecule has 1 unspecified atom stereocenters. The number of methoxy groups -OCH3 is 2. The first-order valence-electron chi connectivity index (χ1n) is 9.36. The molecule has 160 valence electrons. The van der Waals surface area contributed by atoms with Crippen LogP contribution in [0.2, 0.25) is 0 Å². The Labute approximate surface area is 175 Å². The van der Waals surface area contributed by atoms with E-state index in [1.807, 2.05) is 0 Å². The Morgan fingerprint density at radius 1 is 1.07 bits per heavy atom. The molecule has 1 N–H and O–H groups in total. The molecule has 0 saturated carbocycles. The Bertz CT molecular complexity index is 880. The van der Waals surface area contributed by atoms with Gasteiger partial charge < -0.3 is 14.2 Å². The zero-order valence-corrected chi connectivity index (χ0v) is 17.5. The van der Waals surface area contributed by atoms with Crippen molar-refractivity contribution in [2.45, 2.75) is 19.6 Å². The Hall–Kier alpha value is -3.23. The van der Waals surface area contributed by atoms with Crippen molar-refractivity contribution < 1.29 is 23.8 Å². The van der Waals surface area contributed by atoms with E-state index in [0.717, 1.165) is 0 Å². The van der Waals surface area contributed by atoms with Gasteiger partial charge >= 0.3 is 0 Å². The van der Waals surface area contributed by atoms with E-state index < -0.39 is 6.23 Å². The maximum atomic E-state index is 13.1. The molecule has 0 heterocycles. The topological polar surface area (TPSA) is 95.5 Å². The predicted molar refractivity (Wildman–Crippen MR) is 113 cm³/mol. The summed E-state index contributed by atoms with van der Waals surface area (Å²) in [5, 5.41) is 2.98. The van der Waals surface area contributed by atoms with E-state index in [4.69, 9.17) is 19.0 Å². The lowest BCUT2D eigenvalue weighted by Crippen LogP contribution is -2.19. The van der Waals surface area contributed by atoms with Crippen LogP contribution in [0, 0.1) is 4.91 Å². The van der Waals surface area contributed by atoms with E-state index in [2.05, 4.69) is 10.7 Å². The number of carbonyl (C=O) groups is 1. The minimum Gasteiger partial charge on any atom is -0.497 e. The van der Waals surface area contributed by atoms with E-state index in [0.29, 0.717) is 40.5 Å². The van der Waals surface area contributed by atoms with Gasteiger partial charge in [-0.1, -0.05) is 0 Å². The SMILES string of the molecule is CCOC(CC(=Cc1cc(OC)ccc1C(=O)c1ccc(OC)cc1)NOC)N=O. The molecule has 1 atom stereocenters. The van der Waals surface area contributed by atoms with E-state index in [-0.39, 0.29) is 12.2 Å². The minimum atomic E-state index is -0.879. The van der Waals surface area contributed by atoms with Gasteiger partial charge in [-0.05, 0) is 66.2 Å². The maximum absolute atomic E-state index is 13.1. The molecule has 0 fully saturated rings. The van der Waals surface area contributed by atoms with Crippen LogP contribution in [0.15, 0.2) is 53.3 Å². The lowest BCUT2D eigenvalue weighted by atomic mass is 9.97. The molecule has 0 amide bonds. The highest BCUT2D eigenvalue weighted by Crippen LogP contribution is 2.25. The van der Waals surface area contributed by atoms with Gasteiger partial charge in [0.2, 0.25) is 0 Å². The van der Waals surface area contributed by atoms with Crippen molar-refractivity contribution in [2.24, 2.45) is 5.18 Å². The van der Waals surface area contributed by atoms with Crippen molar-refractivity contribution in [3.63, 3.8) is 0 Å². The van der Waals surface area contributed by atoms with Crippen LogP contribution in [-0.2, 0) is 9.57 Å². The van der Waals surface area contributed by atoms with Crippen molar-refractivity contribution in [2.75, 3.05) is 27.9 Å². The quantitative estimate of drug-likeness (QED) is 0.319. The number of carbonyl (C=O) groups excluding carboxylic acids is 1. The van der Waals surface area contributed by atoms with Gasteiger partial charge in [0.25, 0.3) is 0 Å². The van der Waals surface area contributed by atoms with E-state index >= 15 is 0 Å². The standard InChI is InChI=1S/C22H26N2O6/c1-5-30-21(23-26)14-17(24-29-4)12-16-13-19(28-3)10-11-20(16)22(25)15-6-8-18(27-2)9-7-15/h6-13,21,24H,5,14H2,1-4H3. The van der Waals surface area contributed by atoms with Crippen LogP contribution in [0.1, 0.15) is 34.8 Å². The molecule has 2 aromatic rings. The zero-order valence-electron chi connectivity index (χ0n) is 17.5. The van der Waals surface area contributed by atoms with Crippen molar-refractivity contribution in [1.82, 2.24) is 5.48 Å². The molecule has 0 aromatic heterocycles. The summed E-state index contributed by atoms with van der Waals surface area (Å²) in [5.41, 5.74) is 4.81. The first-order valence-corrected chi connectivity index (χ1v) is 9.36. The Kier molecular flexibility index (Phi) is 8.99. The number of benzene rings is 2. The summed E-state index contributed by atoms with van der Waals surface area (Å²) in [6, 6.07) is 12.0. The molecular weight excluding hydrogens is 388 g/mol. The number of hydroxylamine groups is 1. The van der Waals surface area contributed by atoms with Crippen LogP contribution < -0.4 is 15.0 Å². The summed E-state index contributed by atoms with van der Waals surface area (Å²) in [6.07, 6.45) is 0.980. The largest absolute Gasteiger partial charge is 0.497 e. The number of rotatable bonds is 12. The van der Waals surface area contributed by atoms with Crippen molar-refractivity contribution >= 4 is 11.9 Å². The number of nitrogens with one attached hydrogen (secondary N) is 1. The van der Waals surface area contributed by atoms with Crippen LogP contribution in [0.4, 0.5) is 0 Å². The molecule has 2 rings (SSSR count). The summed E-state index contributed by atoms with van der Waals surface area (Å²) < 4.78 is 15.8. The smallest absolute Gasteiger partial charge is 0.194 e. The molecule has 8 nitrogen and oxygen atoms in total. The molecule has 0 aliphatic heterocycles. The maximum Gasteiger partial charge on any atom is 0.194 e. The molecular formula is C22H26N2O6. The third-order valence-corrected chi connectivity index (χ3v) is 4.29. The van der Waals surface area contributed by atoms with Crippen molar-refractivity contribution in [1.29, 1.82) is 0 Å². The Balaban J connectivity index is 2.45. The molecule has 8 heteroatoms. The third kappa shape index (κ3) is 6.13. The van der Waals surface area contributed by atoms with Crippen LogP contribution in [-0.4, -0.2) is 39.9 Å². The highest BCUT2D eigenvalue weighted by molar-refractivity contribution is 6.11. The van der Waals surface area contributed by atoms with Gasteiger partial charge in [0.1, 0.15) is 11.5 Å². The van der Waals surface area contributed by atoms with Crippen LogP contribution in [0.5, 0.6) is 11.5 Å². The second-order valence-electron chi connectivity index (χ2n) is 6.21. The second kappa shape index (κ2) is 11.7. The lowest BCUT2D eigenvalue weighted by molar-refractivity contribution is 0.0557.